The van der Waals surface area contributed by atoms with E-state index in [1.165, 1.54) is 24.7 Å². The van der Waals surface area contributed by atoms with Gasteiger partial charge in [-0.25, -0.2) is 9.55 Å². The van der Waals surface area contributed by atoms with Crippen LogP contribution in [0.1, 0.15) is 33.9 Å². The number of rotatable bonds is 10. The molecule has 0 amide bonds. The molecule has 1 aromatic carbocycles. The largest absolute Gasteiger partial charge is 0.462 e. The predicted molar refractivity (Wildman–Crippen MR) is 140 cm³/mol. The molecule has 0 radical (unpaired) electrons. The summed E-state index contributed by atoms with van der Waals surface area (Å²) in [5.41, 5.74) is 10.3. The van der Waals surface area contributed by atoms with Crippen molar-refractivity contribution >= 4 is 30.8 Å². The highest BCUT2D eigenvalue weighted by atomic mass is 31.2. The zero-order valence-electron chi connectivity index (χ0n) is 21.8. The number of para-hydroxylation sites is 1. The fourth-order valence-electron chi connectivity index (χ4n) is 4.05. The first-order chi connectivity index (χ1) is 18.3. The summed E-state index contributed by atoms with van der Waals surface area (Å²) in [6, 6.07) is 7.16. The number of esters is 1. The lowest BCUT2D eigenvalue weighted by Gasteiger charge is -2.28. The van der Waals surface area contributed by atoms with E-state index in [4.69, 9.17) is 30.0 Å². The number of anilines is 1. The number of aliphatic hydroxyl groups is 1. The minimum atomic E-state index is -4.22. The number of hydrogen-bond acceptors (Lipinski definition) is 12. The van der Waals surface area contributed by atoms with Crippen LogP contribution in [0.25, 0.3) is 11.2 Å². The summed E-state index contributed by atoms with van der Waals surface area (Å²) in [6.07, 6.45) is -2.58. The standard InChI is InChI=1S/C23H32N7O8P/c1-12(2)36-20(33)13(3)29-39(34,38-14-8-6-5-7-9-14)35-10-15-17(31)23(4,25)21(37-15)30-11-26-16-18(30)27-22(24)28-19(16)32/h5-9,11-13,15,17,21,31H,10,25H2,1-4H3,(H,29,34)(H3,24,27,28,32)/t13-,15-,17-,21-,23-,39?/m1/s1. The van der Waals surface area contributed by atoms with E-state index < -0.39 is 62.0 Å². The molecule has 1 aliphatic rings. The number of nitrogens with two attached hydrogens (primary N) is 2. The van der Waals surface area contributed by atoms with Crippen molar-refractivity contribution in [1.82, 2.24) is 24.6 Å². The van der Waals surface area contributed by atoms with E-state index in [0.717, 1.165) is 0 Å². The van der Waals surface area contributed by atoms with Crippen LogP contribution in [0.15, 0.2) is 41.5 Å². The third kappa shape index (κ3) is 6.13. The number of imidazole rings is 1. The monoisotopic (exact) mass is 565 g/mol. The Kier molecular flexibility index (Phi) is 8.12. The van der Waals surface area contributed by atoms with E-state index in [-0.39, 0.29) is 22.9 Å². The molecule has 212 valence electrons. The fourth-order valence-corrected chi connectivity index (χ4v) is 5.55. The molecule has 16 heteroatoms. The van der Waals surface area contributed by atoms with Crippen LogP contribution in [0, 0.1) is 0 Å². The average molecular weight is 566 g/mol. The van der Waals surface area contributed by atoms with Crippen molar-refractivity contribution in [3.63, 3.8) is 0 Å². The summed E-state index contributed by atoms with van der Waals surface area (Å²) in [5.74, 6) is -0.585. The molecule has 1 saturated heterocycles. The minimum absolute atomic E-state index is 0.00465. The summed E-state index contributed by atoms with van der Waals surface area (Å²) in [6.45, 7) is 5.91. The fraction of sp³-hybridized carbons (Fsp3) is 0.478. The van der Waals surface area contributed by atoms with Gasteiger partial charge in [0.15, 0.2) is 17.4 Å². The second-order valence-corrected chi connectivity index (χ2v) is 11.3. The molecule has 0 saturated carbocycles. The van der Waals surface area contributed by atoms with E-state index in [0.29, 0.717) is 0 Å². The Bertz CT molecular complexity index is 1430. The Morgan fingerprint density at radius 3 is 2.69 bits per heavy atom. The van der Waals surface area contributed by atoms with Crippen LogP contribution in [0.3, 0.4) is 0 Å². The number of carbonyl (C=O) groups excluding carboxylic acids is 1. The number of hydrogen-bond donors (Lipinski definition) is 5. The molecule has 6 atom stereocenters. The van der Waals surface area contributed by atoms with Crippen LogP contribution in [0.5, 0.6) is 5.75 Å². The van der Waals surface area contributed by atoms with Crippen LogP contribution in [-0.2, 0) is 23.4 Å². The van der Waals surface area contributed by atoms with E-state index >= 15 is 0 Å². The van der Waals surface area contributed by atoms with Crippen molar-refractivity contribution in [3.8, 4) is 5.75 Å². The van der Waals surface area contributed by atoms with Gasteiger partial charge in [-0.15, -0.1) is 0 Å². The molecule has 0 aliphatic carbocycles. The van der Waals surface area contributed by atoms with Crippen LogP contribution in [0.4, 0.5) is 5.95 Å². The van der Waals surface area contributed by atoms with Crippen molar-refractivity contribution < 1.29 is 33.0 Å². The molecule has 39 heavy (non-hydrogen) atoms. The number of H-pyrrole nitrogens is 1. The number of carbonyl (C=O) groups is 1. The normalized spacial score (nSPS) is 25.5. The third-order valence-electron chi connectivity index (χ3n) is 5.96. The minimum Gasteiger partial charge on any atom is -0.462 e. The second-order valence-electron chi connectivity index (χ2n) is 9.65. The number of fused-ring (bicyclic) bond motifs is 1. The second kappa shape index (κ2) is 11.0. The van der Waals surface area contributed by atoms with Gasteiger partial charge < -0.3 is 30.6 Å². The highest BCUT2D eigenvalue weighted by Gasteiger charge is 2.53. The van der Waals surface area contributed by atoms with Crippen molar-refractivity contribution in [3.05, 3.63) is 47.0 Å². The lowest BCUT2D eigenvalue weighted by molar-refractivity contribution is -0.149. The lowest BCUT2D eigenvalue weighted by atomic mass is 9.93. The first-order valence-electron chi connectivity index (χ1n) is 12.1. The van der Waals surface area contributed by atoms with Gasteiger partial charge in [-0.05, 0) is 39.8 Å². The van der Waals surface area contributed by atoms with Crippen LogP contribution in [0.2, 0.25) is 0 Å². The average Bonchev–Trinajstić information content (AvgIpc) is 3.36. The van der Waals surface area contributed by atoms with Gasteiger partial charge in [-0.3, -0.25) is 23.7 Å². The molecular formula is C23H32N7O8P. The topological polar surface area (TPSA) is 219 Å². The first-order valence-corrected chi connectivity index (χ1v) is 13.7. The summed E-state index contributed by atoms with van der Waals surface area (Å²) >= 11 is 0. The number of nitrogen functional groups attached to an aromatic ring is 1. The highest BCUT2D eigenvalue weighted by molar-refractivity contribution is 7.52. The molecule has 0 bridgehead atoms. The van der Waals surface area contributed by atoms with Crippen LogP contribution < -0.4 is 26.6 Å². The van der Waals surface area contributed by atoms with E-state index in [1.54, 1.807) is 44.2 Å². The summed E-state index contributed by atoms with van der Waals surface area (Å²) in [5, 5.41) is 13.6. The number of benzene rings is 1. The molecule has 3 heterocycles. The first kappa shape index (κ1) is 28.7. The van der Waals surface area contributed by atoms with Gasteiger partial charge >= 0.3 is 13.7 Å². The van der Waals surface area contributed by atoms with Crippen molar-refractivity contribution in [2.75, 3.05) is 12.3 Å². The van der Waals surface area contributed by atoms with Crippen molar-refractivity contribution in [1.29, 1.82) is 0 Å². The van der Waals surface area contributed by atoms with Gasteiger partial charge in [-0.2, -0.15) is 10.1 Å². The van der Waals surface area contributed by atoms with Gasteiger partial charge in [-0.1, -0.05) is 18.2 Å². The molecule has 1 fully saturated rings. The quantitative estimate of drug-likeness (QED) is 0.170. The lowest BCUT2D eigenvalue weighted by Crippen LogP contribution is -2.52. The maximum Gasteiger partial charge on any atom is 0.459 e. The summed E-state index contributed by atoms with van der Waals surface area (Å²) in [4.78, 5) is 35.1. The molecule has 1 aliphatic heterocycles. The number of nitrogens with zero attached hydrogens (tertiary/aromatic N) is 3. The van der Waals surface area contributed by atoms with Gasteiger partial charge in [0, 0.05) is 0 Å². The van der Waals surface area contributed by atoms with E-state index in [9.17, 15) is 19.3 Å². The molecule has 2 aromatic heterocycles. The van der Waals surface area contributed by atoms with Crippen molar-refractivity contribution in [2.45, 2.75) is 63.8 Å². The van der Waals surface area contributed by atoms with Gasteiger partial charge in [0.05, 0.1) is 24.6 Å². The zero-order valence-corrected chi connectivity index (χ0v) is 22.7. The molecule has 4 rings (SSSR count). The van der Waals surface area contributed by atoms with Gasteiger partial charge in [0.1, 0.15) is 24.0 Å². The number of aliphatic hydroxyl groups excluding tert-OH is 1. The Balaban J connectivity index is 1.56. The number of ether oxygens (including phenoxy) is 2. The predicted octanol–water partition coefficient (Wildman–Crippen LogP) is 0.811. The third-order valence-corrected chi connectivity index (χ3v) is 7.61. The molecular weight excluding hydrogens is 533 g/mol. The molecule has 1 unspecified atom stereocenters. The van der Waals surface area contributed by atoms with Crippen molar-refractivity contribution in [2.24, 2.45) is 5.73 Å². The van der Waals surface area contributed by atoms with Gasteiger partial charge in [0.25, 0.3) is 5.56 Å². The molecule has 15 nitrogen and oxygen atoms in total. The summed E-state index contributed by atoms with van der Waals surface area (Å²) < 4.78 is 37.6. The maximum absolute atomic E-state index is 13.8. The van der Waals surface area contributed by atoms with Crippen LogP contribution in [-0.4, -0.2) is 67.1 Å². The molecule has 7 N–H and O–H groups in total. The Morgan fingerprint density at radius 2 is 2.03 bits per heavy atom. The maximum atomic E-state index is 13.8. The van der Waals surface area contributed by atoms with E-state index in [1.807, 2.05) is 0 Å². The Labute approximate surface area is 223 Å². The van der Waals surface area contributed by atoms with Gasteiger partial charge in [0.2, 0.25) is 5.95 Å². The number of nitrogens with one attached hydrogen (secondary N) is 2. The SMILES string of the molecule is CC(C)OC(=O)[C@@H](C)NP(=O)(OC[C@H]1O[C@@H](n2cnc3c(=O)[nH]c(N)nc32)[C@](C)(N)[C@@H]1O)Oc1ccccc1. The molecule has 0 spiro atoms. The Hall–Kier alpha value is -3.33. The summed E-state index contributed by atoms with van der Waals surface area (Å²) in [7, 11) is -4.22. The number of aromatic nitrogens is 4. The Morgan fingerprint density at radius 1 is 1.33 bits per heavy atom. The van der Waals surface area contributed by atoms with E-state index in [2.05, 4.69) is 20.0 Å². The smallest absolute Gasteiger partial charge is 0.459 e. The number of aromatic amines is 1. The highest BCUT2D eigenvalue weighted by Crippen LogP contribution is 2.46. The molecule has 3 aromatic rings. The zero-order chi connectivity index (χ0) is 28.5. The van der Waals surface area contributed by atoms with Crippen LogP contribution >= 0.6 is 7.75 Å².